The van der Waals surface area contributed by atoms with Gasteiger partial charge in [0.2, 0.25) is 0 Å². The minimum Gasteiger partial charge on any atom is -0.351 e. The number of aryl methyl sites for hydroxylation is 2. The highest BCUT2D eigenvalue weighted by atomic mass is 32.2. The van der Waals surface area contributed by atoms with Crippen LogP contribution >= 0.6 is 11.8 Å². The highest BCUT2D eigenvalue weighted by Crippen LogP contribution is 2.21. The normalized spacial score (nSPS) is 11.2. The Morgan fingerprint density at radius 1 is 1.00 bits per heavy atom. The molecule has 0 bridgehead atoms. The molecule has 0 fully saturated rings. The number of hydrogen-bond acceptors (Lipinski definition) is 4. The number of halogens is 1. The number of carbonyl (C=O) groups is 1. The SMILES string of the molecule is Cc1ccc(S(=O)(=O)Nc2ccc(C(=O)NCCSCc3ccccc3F)cc2C)cc1. The van der Waals surface area contributed by atoms with E-state index in [0.717, 1.165) is 5.56 Å². The van der Waals surface area contributed by atoms with Gasteiger partial charge in [-0.1, -0.05) is 35.9 Å². The molecule has 0 heterocycles. The molecule has 0 unspecified atom stereocenters. The van der Waals surface area contributed by atoms with Crippen LogP contribution in [0, 0.1) is 19.7 Å². The van der Waals surface area contributed by atoms with Crippen LogP contribution in [0.2, 0.25) is 0 Å². The van der Waals surface area contributed by atoms with E-state index in [9.17, 15) is 17.6 Å². The summed E-state index contributed by atoms with van der Waals surface area (Å²) in [5.41, 5.74) is 3.12. The molecule has 3 rings (SSSR count). The van der Waals surface area contributed by atoms with E-state index in [0.29, 0.717) is 40.4 Å². The van der Waals surface area contributed by atoms with Crippen LogP contribution in [0.5, 0.6) is 0 Å². The Morgan fingerprint density at radius 3 is 2.41 bits per heavy atom. The van der Waals surface area contributed by atoms with Crippen molar-refractivity contribution in [2.75, 3.05) is 17.0 Å². The molecule has 3 aromatic rings. The molecule has 8 heteroatoms. The molecular weight excluding hydrogens is 447 g/mol. The smallest absolute Gasteiger partial charge is 0.261 e. The topological polar surface area (TPSA) is 75.3 Å². The summed E-state index contributed by atoms with van der Waals surface area (Å²) in [7, 11) is -3.71. The zero-order valence-corrected chi connectivity index (χ0v) is 19.5. The molecule has 0 atom stereocenters. The first kappa shape index (κ1) is 23.8. The molecule has 2 N–H and O–H groups in total. The van der Waals surface area contributed by atoms with Crippen molar-refractivity contribution in [2.24, 2.45) is 0 Å². The summed E-state index contributed by atoms with van der Waals surface area (Å²) in [6.07, 6.45) is 0. The molecule has 168 valence electrons. The zero-order chi connectivity index (χ0) is 23.1. The monoisotopic (exact) mass is 472 g/mol. The molecule has 3 aromatic carbocycles. The Morgan fingerprint density at radius 2 is 1.72 bits per heavy atom. The van der Waals surface area contributed by atoms with Gasteiger partial charge < -0.3 is 5.32 Å². The van der Waals surface area contributed by atoms with Crippen molar-refractivity contribution >= 4 is 33.4 Å². The fourth-order valence-electron chi connectivity index (χ4n) is 2.98. The van der Waals surface area contributed by atoms with Crippen LogP contribution in [-0.2, 0) is 15.8 Å². The van der Waals surface area contributed by atoms with Crippen LogP contribution in [0.1, 0.15) is 27.0 Å². The average Bonchev–Trinajstić information content (AvgIpc) is 2.76. The Hall–Kier alpha value is -2.84. The highest BCUT2D eigenvalue weighted by molar-refractivity contribution is 7.98. The van der Waals surface area contributed by atoms with Crippen LogP contribution in [0.4, 0.5) is 10.1 Å². The molecule has 0 spiro atoms. The lowest BCUT2D eigenvalue weighted by atomic mass is 10.1. The molecule has 0 radical (unpaired) electrons. The van der Waals surface area contributed by atoms with Crippen LogP contribution in [-0.4, -0.2) is 26.6 Å². The van der Waals surface area contributed by atoms with Crippen molar-refractivity contribution in [1.82, 2.24) is 5.32 Å². The highest BCUT2D eigenvalue weighted by Gasteiger charge is 2.16. The lowest BCUT2D eigenvalue weighted by Gasteiger charge is -2.12. The van der Waals surface area contributed by atoms with Gasteiger partial charge in [0.25, 0.3) is 15.9 Å². The van der Waals surface area contributed by atoms with E-state index in [4.69, 9.17) is 0 Å². The molecule has 0 aliphatic heterocycles. The number of sulfonamides is 1. The van der Waals surface area contributed by atoms with Crippen LogP contribution in [0.15, 0.2) is 71.6 Å². The third kappa shape index (κ3) is 6.34. The van der Waals surface area contributed by atoms with Crippen molar-refractivity contribution in [3.63, 3.8) is 0 Å². The van der Waals surface area contributed by atoms with E-state index in [1.54, 1.807) is 67.6 Å². The van der Waals surface area contributed by atoms with Crippen molar-refractivity contribution in [3.05, 3.63) is 94.8 Å². The van der Waals surface area contributed by atoms with Crippen LogP contribution < -0.4 is 10.0 Å². The average molecular weight is 473 g/mol. The van der Waals surface area contributed by atoms with E-state index in [-0.39, 0.29) is 16.6 Å². The molecule has 0 saturated heterocycles. The predicted molar refractivity (Wildman–Crippen MR) is 128 cm³/mol. The third-order valence-electron chi connectivity index (χ3n) is 4.81. The summed E-state index contributed by atoms with van der Waals surface area (Å²) in [6.45, 7) is 4.08. The lowest BCUT2D eigenvalue weighted by Crippen LogP contribution is -2.26. The first-order valence-electron chi connectivity index (χ1n) is 10.1. The Kier molecular flexibility index (Phi) is 7.93. The van der Waals surface area contributed by atoms with Crippen LogP contribution in [0.3, 0.4) is 0 Å². The van der Waals surface area contributed by atoms with Crippen molar-refractivity contribution in [2.45, 2.75) is 24.5 Å². The maximum Gasteiger partial charge on any atom is 0.261 e. The second-order valence-electron chi connectivity index (χ2n) is 7.35. The van der Waals surface area contributed by atoms with E-state index in [2.05, 4.69) is 10.0 Å². The second kappa shape index (κ2) is 10.7. The summed E-state index contributed by atoms with van der Waals surface area (Å²) in [5, 5.41) is 2.83. The molecule has 0 aliphatic rings. The fourth-order valence-corrected chi connectivity index (χ4v) is 4.95. The number of hydrogen-bond donors (Lipinski definition) is 2. The number of carbonyl (C=O) groups excluding carboxylic acids is 1. The molecule has 1 amide bonds. The van der Waals surface area contributed by atoms with Gasteiger partial charge in [0.1, 0.15) is 5.82 Å². The van der Waals surface area contributed by atoms with Gasteiger partial charge in [0, 0.05) is 23.6 Å². The number of nitrogens with one attached hydrogen (secondary N) is 2. The van der Waals surface area contributed by atoms with Gasteiger partial charge in [-0.3, -0.25) is 9.52 Å². The van der Waals surface area contributed by atoms with E-state index < -0.39 is 10.0 Å². The minimum absolute atomic E-state index is 0.178. The summed E-state index contributed by atoms with van der Waals surface area (Å²) in [4.78, 5) is 12.6. The molecular formula is C24H25FN2O3S2. The lowest BCUT2D eigenvalue weighted by molar-refractivity contribution is 0.0956. The van der Waals surface area contributed by atoms with Gasteiger partial charge in [-0.25, -0.2) is 12.8 Å². The van der Waals surface area contributed by atoms with Gasteiger partial charge in [-0.05, 0) is 61.4 Å². The van der Waals surface area contributed by atoms with Gasteiger partial charge in [0.05, 0.1) is 10.6 Å². The Bertz CT molecular complexity index is 1200. The maximum atomic E-state index is 13.6. The summed E-state index contributed by atoms with van der Waals surface area (Å²) in [6, 6.07) is 18.0. The van der Waals surface area contributed by atoms with Gasteiger partial charge in [-0.15, -0.1) is 0 Å². The van der Waals surface area contributed by atoms with Gasteiger partial charge >= 0.3 is 0 Å². The third-order valence-corrected chi connectivity index (χ3v) is 7.20. The number of benzene rings is 3. The molecule has 32 heavy (non-hydrogen) atoms. The quantitative estimate of drug-likeness (QED) is 0.434. The predicted octanol–water partition coefficient (Wildman–Crippen LogP) is 4.91. The summed E-state index contributed by atoms with van der Waals surface area (Å²) >= 11 is 1.54. The number of thioether (sulfide) groups is 1. The maximum absolute atomic E-state index is 13.6. The van der Waals surface area contributed by atoms with E-state index in [1.165, 1.54) is 17.8 Å². The van der Waals surface area contributed by atoms with Gasteiger partial charge in [-0.2, -0.15) is 11.8 Å². The minimum atomic E-state index is -3.71. The van der Waals surface area contributed by atoms with E-state index in [1.807, 2.05) is 6.92 Å². The molecule has 0 saturated carbocycles. The number of rotatable bonds is 9. The Labute approximate surface area is 192 Å². The standard InChI is InChI=1S/C24H25FN2O3S2/c1-17-7-10-21(11-8-17)32(29,30)27-23-12-9-19(15-18(23)2)24(28)26-13-14-31-16-20-5-3-4-6-22(20)25/h3-12,15,27H,13-14,16H2,1-2H3,(H,26,28). The van der Waals surface area contributed by atoms with Crippen LogP contribution in [0.25, 0.3) is 0 Å². The number of anilines is 1. The van der Waals surface area contributed by atoms with Crippen molar-refractivity contribution in [3.8, 4) is 0 Å². The van der Waals surface area contributed by atoms with E-state index >= 15 is 0 Å². The first-order chi connectivity index (χ1) is 15.3. The van der Waals surface area contributed by atoms with Crippen molar-refractivity contribution in [1.29, 1.82) is 0 Å². The van der Waals surface area contributed by atoms with Gasteiger partial charge in [0.15, 0.2) is 0 Å². The van der Waals surface area contributed by atoms with Crippen molar-refractivity contribution < 1.29 is 17.6 Å². The molecule has 5 nitrogen and oxygen atoms in total. The molecule has 0 aromatic heterocycles. The summed E-state index contributed by atoms with van der Waals surface area (Å²) in [5.74, 6) is 0.718. The largest absolute Gasteiger partial charge is 0.351 e. The molecule has 0 aliphatic carbocycles. The number of amides is 1. The first-order valence-corrected chi connectivity index (χ1v) is 12.7. The fraction of sp³-hybridized carbons (Fsp3) is 0.208. The Balaban J connectivity index is 1.53. The zero-order valence-electron chi connectivity index (χ0n) is 17.9. The second-order valence-corrected chi connectivity index (χ2v) is 10.1. The summed E-state index contributed by atoms with van der Waals surface area (Å²) < 4.78 is 41.4.